The third-order valence-corrected chi connectivity index (χ3v) is 3.69. The summed E-state index contributed by atoms with van der Waals surface area (Å²) < 4.78 is 0. The van der Waals surface area contributed by atoms with Gasteiger partial charge in [0.25, 0.3) is 0 Å². The van der Waals surface area contributed by atoms with E-state index < -0.39 is 5.60 Å². The van der Waals surface area contributed by atoms with E-state index in [1.807, 2.05) is 18.2 Å². The fourth-order valence-corrected chi connectivity index (χ4v) is 2.37. The third kappa shape index (κ3) is 3.93. The first-order chi connectivity index (χ1) is 9.11. The van der Waals surface area contributed by atoms with Crippen LogP contribution in [0.2, 0.25) is 0 Å². The van der Waals surface area contributed by atoms with Crippen LogP contribution in [0.3, 0.4) is 0 Å². The summed E-state index contributed by atoms with van der Waals surface area (Å²) in [6.07, 6.45) is 2.17. The average Bonchev–Trinajstić information content (AvgIpc) is 2.42. The van der Waals surface area contributed by atoms with E-state index in [1.165, 1.54) is 16.7 Å². The Bertz CT molecular complexity index is 501. The zero-order valence-electron chi connectivity index (χ0n) is 11.8. The lowest BCUT2D eigenvalue weighted by atomic mass is 9.86. The Hall–Kier alpha value is -1.60. The van der Waals surface area contributed by atoms with Crippen molar-refractivity contribution in [1.29, 1.82) is 0 Å². The number of rotatable bonds is 5. The monoisotopic (exact) mass is 254 g/mol. The highest BCUT2D eigenvalue weighted by atomic mass is 16.3. The number of hydrogen-bond acceptors (Lipinski definition) is 1. The molecule has 0 fully saturated rings. The molecule has 2 rings (SSSR count). The molecule has 0 spiro atoms. The van der Waals surface area contributed by atoms with Crippen LogP contribution >= 0.6 is 0 Å². The Morgan fingerprint density at radius 3 is 1.89 bits per heavy atom. The van der Waals surface area contributed by atoms with Gasteiger partial charge >= 0.3 is 0 Å². The van der Waals surface area contributed by atoms with Gasteiger partial charge in [-0.05, 0) is 24.5 Å². The van der Waals surface area contributed by atoms with Gasteiger partial charge in [-0.2, -0.15) is 0 Å². The van der Waals surface area contributed by atoms with E-state index >= 15 is 0 Å². The third-order valence-electron chi connectivity index (χ3n) is 3.69. The topological polar surface area (TPSA) is 20.2 Å². The molecule has 0 bridgehead atoms. The van der Waals surface area contributed by atoms with E-state index in [-0.39, 0.29) is 0 Å². The standard InChI is InChI=1S/C18H22O/c1-3-18(19,13-16-7-5-4-6-8-16)14-17-11-9-15(2)10-12-17/h4-12,19H,3,13-14H2,1-2H3. The van der Waals surface area contributed by atoms with Crippen molar-refractivity contribution in [3.05, 3.63) is 71.3 Å². The lowest BCUT2D eigenvalue weighted by Crippen LogP contribution is -2.33. The van der Waals surface area contributed by atoms with Gasteiger partial charge in [-0.15, -0.1) is 0 Å². The molecule has 0 saturated heterocycles. The molecule has 2 aromatic carbocycles. The van der Waals surface area contributed by atoms with Crippen molar-refractivity contribution in [2.24, 2.45) is 0 Å². The highest BCUT2D eigenvalue weighted by molar-refractivity contribution is 5.24. The summed E-state index contributed by atoms with van der Waals surface area (Å²) in [6.45, 7) is 4.14. The van der Waals surface area contributed by atoms with Gasteiger partial charge in [-0.25, -0.2) is 0 Å². The van der Waals surface area contributed by atoms with Gasteiger partial charge in [0.15, 0.2) is 0 Å². The lowest BCUT2D eigenvalue weighted by Gasteiger charge is -2.27. The number of aliphatic hydroxyl groups is 1. The SMILES string of the molecule is CCC(O)(Cc1ccccc1)Cc1ccc(C)cc1. The minimum atomic E-state index is -0.656. The van der Waals surface area contributed by atoms with Crippen molar-refractivity contribution >= 4 is 0 Å². The Kier molecular flexibility index (Phi) is 4.39. The van der Waals surface area contributed by atoms with Gasteiger partial charge in [0.1, 0.15) is 0 Å². The van der Waals surface area contributed by atoms with Crippen molar-refractivity contribution in [3.8, 4) is 0 Å². The highest BCUT2D eigenvalue weighted by Gasteiger charge is 2.25. The van der Waals surface area contributed by atoms with Gasteiger partial charge in [-0.3, -0.25) is 0 Å². The van der Waals surface area contributed by atoms with Crippen LogP contribution < -0.4 is 0 Å². The van der Waals surface area contributed by atoms with Crippen LogP contribution in [0, 0.1) is 6.92 Å². The minimum Gasteiger partial charge on any atom is -0.389 e. The first kappa shape index (κ1) is 13.8. The number of benzene rings is 2. The van der Waals surface area contributed by atoms with Gasteiger partial charge in [0.05, 0.1) is 5.60 Å². The molecule has 19 heavy (non-hydrogen) atoms. The lowest BCUT2D eigenvalue weighted by molar-refractivity contribution is 0.0368. The normalized spacial score (nSPS) is 14.1. The van der Waals surface area contributed by atoms with Crippen molar-refractivity contribution in [2.75, 3.05) is 0 Å². The molecule has 2 aromatic rings. The van der Waals surface area contributed by atoms with E-state index in [0.29, 0.717) is 12.8 Å². The van der Waals surface area contributed by atoms with Gasteiger partial charge in [0, 0.05) is 12.8 Å². The molecule has 0 heterocycles. The zero-order chi connectivity index (χ0) is 13.7. The maximum atomic E-state index is 10.8. The predicted octanol–water partition coefficient (Wildman–Crippen LogP) is 3.92. The summed E-state index contributed by atoms with van der Waals surface area (Å²) in [5.41, 5.74) is 2.99. The molecular formula is C18H22O. The van der Waals surface area contributed by atoms with Crippen LogP contribution in [-0.4, -0.2) is 10.7 Å². The van der Waals surface area contributed by atoms with Crippen molar-refractivity contribution in [2.45, 2.75) is 38.7 Å². The van der Waals surface area contributed by atoms with Crippen LogP contribution in [-0.2, 0) is 12.8 Å². The van der Waals surface area contributed by atoms with E-state index in [2.05, 4.69) is 50.2 Å². The van der Waals surface area contributed by atoms with E-state index in [4.69, 9.17) is 0 Å². The first-order valence-electron chi connectivity index (χ1n) is 6.93. The Balaban J connectivity index is 2.11. The Morgan fingerprint density at radius 1 is 0.842 bits per heavy atom. The molecule has 0 amide bonds. The number of hydrogen-bond donors (Lipinski definition) is 1. The van der Waals surface area contributed by atoms with E-state index in [1.54, 1.807) is 0 Å². The molecule has 0 aliphatic carbocycles. The first-order valence-corrected chi connectivity index (χ1v) is 6.93. The molecule has 0 aromatic heterocycles. The predicted molar refractivity (Wildman–Crippen MR) is 80.3 cm³/mol. The molecule has 100 valence electrons. The summed E-state index contributed by atoms with van der Waals surface area (Å²) in [6, 6.07) is 18.7. The summed E-state index contributed by atoms with van der Waals surface area (Å²) in [4.78, 5) is 0. The average molecular weight is 254 g/mol. The maximum Gasteiger partial charge on any atom is 0.0725 e. The second-order valence-electron chi connectivity index (χ2n) is 5.40. The Labute approximate surface area is 115 Å². The molecule has 1 atom stereocenters. The van der Waals surface area contributed by atoms with Crippen molar-refractivity contribution in [3.63, 3.8) is 0 Å². The number of aryl methyl sites for hydroxylation is 1. The maximum absolute atomic E-state index is 10.8. The van der Waals surface area contributed by atoms with Gasteiger partial charge < -0.3 is 5.11 Å². The van der Waals surface area contributed by atoms with Crippen molar-refractivity contribution < 1.29 is 5.11 Å². The molecular weight excluding hydrogens is 232 g/mol. The fraction of sp³-hybridized carbons (Fsp3) is 0.333. The summed E-state index contributed by atoms with van der Waals surface area (Å²) in [5, 5.41) is 10.8. The largest absolute Gasteiger partial charge is 0.389 e. The Morgan fingerprint density at radius 2 is 1.37 bits per heavy atom. The minimum absolute atomic E-state index is 0.656. The van der Waals surface area contributed by atoms with Crippen molar-refractivity contribution in [1.82, 2.24) is 0 Å². The second-order valence-corrected chi connectivity index (χ2v) is 5.40. The second kappa shape index (κ2) is 6.03. The molecule has 1 unspecified atom stereocenters. The smallest absolute Gasteiger partial charge is 0.0725 e. The van der Waals surface area contributed by atoms with Gasteiger partial charge in [0.2, 0.25) is 0 Å². The summed E-state index contributed by atoms with van der Waals surface area (Å²) in [7, 11) is 0. The molecule has 1 nitrogen and oxygen atoms in total. The molecule has 0 aliphatic heterocycles. The van der Waals surface area contributed by atoms with Crippen LogP contribution in [0.4, 0.5) is 0 Å². The zero-order valence-corrected chi connectivity index (χ0v) is 11.8. The van der Waals surface area contributed by atoms with Crippen LogP contribution in [0.25, 0.3) is 0 Å². The fourth-order valence-electron chi connectivity index (χ4n) is 2.37. The molecule has 1 N–H and O–H groups in total. The molecule has 0 saturated carbocycles. The summed E-state index contributed by atoms with van der Waals surface area (Å²) >= 11 is 0. The quantitative estimate of drug-likeness (QED) is 0.857. The van der Waals surface area contributed by atoms with Crippen LogP contribution in [0.1, 0.15) is 30.0 Å². The van der Waals surface area contributed by atoms with Crippen LogP contribution in [0.5, 0.6) is 0 Å². The van der Waals surface area contributed by atoms with Gasteiger partial charge in [-0.1, -0.05) is 67.1 Å². The van der Waals surface area contributed by atoms with Crippen LogP contribution in [0.15, 0.2) is 54.6 Å². The summed E-state index contributed by atoms with van der Waals surface area (Å²) in [5.74, 6) is 0. The van der Waals surface area contributed by atoms with E-state index in [9.17, 15) is 5.11 Å². The molecule has 1 heteroatoms. The van der Waals surface area contributed by atoms with E-state index in [0.717, 1.165) is 6.42 Å². The molecule has 0 radical (unpaired) electrons. The highest BCUT2D eigenvalue weighted by Crippen LogP contribution is 2.22. The molecule has 0 aliphatic rings.